The van der Waals surface area contributed by atoms with Crippen molar-refractivity contribution >= 4 is 17.7 Å². The van der Waals surface area contributed by atoms with E-state index < -0.39 is 17.6 Å². The molecule has 1 aromatic rings. The smallest absolute Gasteiger partial charge is 0.337 e. The molecular weight excluding hydrogens is 288 g/mol. The Morgan fingerprint density at radius 2 is 2.14 bits per heavy atom. The third-order valence-corrected chi connectivity index (χ3v) is 3.82. The van der Waals surface area contributed by atoms with Gasteiger partial charge in [0.05, 0.1) is 13.7 Å². The van der Waals surface area contributed by atoms with Gasteiger partial charge in [0, 0.05) is 18.3 Å². The largest absolute Gasteiger partial charge is 0.496 e. The number of nitrogens with zero attached hydrogens (tertiary/aromatic N) is 1. The lowest BCUT2D eigenvalue weighted by Crippen LogP contribution is -2.55. The molecule has 1 fully saturated rings. The van der Waals surface area contributed by atoms with Gasteiger partial charge >= 0.3 is 12.0 Å². The molecule has 0 radical (unpaired) electrons. The number of hydrogen-bond acceptors (Lipinski definition) is 4. The van der Waals surface area contributed by atoms with Crippen LogP contribution in [0, 0.1) is 6.92 Å². The highest BCUT2D eigenvalue weighted by molar-refractivity contribution is 5.90. The fourth-order valence-corrected chi connectivity index (χ4v) is 2.48. The molecule has 2 rings (SSSR count). The highest BCUT2D eigenvalue weighted by atomic mass is 16.5. The second kappa shape index (κ2) is 6.23. The van der Waals surface area contributed by atoms with Crippen molar-refractivity contribution in [2.45, 2.75) is 25.4 Å². The zero-order valence-corrected chi connectivity index (χ0v) is 12.6. The number of amides is 2. The predicted molar refractivity (Wildman–Crippen MR) is 80.1 cm³/mol. The minimum atomic E-state index is -1.87. The van der Waals surface area contributed by atoms with Gasteiger partial charge in [-0.15, -0.1) is 0 Å². The van der Waals surface area contributed by atoms with Crippen LogP contribution >= 0.6 is 0 Å². The number of methoxy groups -OCH3 is 1. The lowest BCUT2D eigenvalue weighted by Gasteiger charge is -2.36. The summed E-state index contributed by atoms with van der Waals surface area (Å²) in [6, 6.07) is 4.81. The first-order valence-electron chi connectivity index (χ1n) is 7.02. The quantitative estimate of drug-likeness (QED) is 0.785. The van der Waals surface area contributed by atoms with E-state index in [9.17, 15) is 14.7 Å². The second-order valence-electron chi connectivity index (χ2n) is 5.48. The Kier molecular flexibility index (Phi) is 4.56. The second-order valence-corrected chi connectivity index (χ2v) is 5.48. The van der Waals surface area contributed by atoms with E-state index in [2.05, 4.69) is 5.32 Å². The molecule has 1 heterocycles. The molecule has 0 spiro atoms. The highest BCUT2D eigenvalue weighted by Gasteiger charge is 2.41. The molecule has 1 atom stereocenters. The Labute approximate surface area is 128 Å². The van der Waals surface area contributed by atoms with Gasteiger partial charge < -0.3 is 25.2 Å². The summed E-state index contributed by atoms with van der Waals surface area (Å²) in [6.45, 7) is 2.07. The van der Waals surface area contributed by atoms with E-state index in [1.165, 1.54) is 4.90 Å². The van der Waals surface area contributed by atoms with Gasteiger partial charge in [-0.05, 0) is 31.4 Å². The Bertz CT molecular complexity index is 589. The number of aliphatic hydroxyl groups is 1. The maximum absolute atomic E-state index is 12.2. The van der Waals surface area contributed by atoms with E-state index in [0.717, 1.165) is 5.56 Å². The fraction of sp³-hybridized carbons (Fsp3) is 0.467. The molecule has 1 aliphatic rings. The summed E-state index contributed by atoms with van der Waals surface area (Å²) < 4.78 is 5.19. The van der Waals surface area contributed by atoms with Crippen molar-refractivity contribution in [3.05, 3.63) is 23.8 Å². The van der Waals surface area contributed by atoms with Crippen molar-refractivity contribution in [3.63, 3.8) is 0 Å². The molecule has 3 N–H and O–H groups in total. The summed E-state index contributed by atoms with van der Waals surface area (Å²) in [5, 5.41) is 21.8. The molecule has 22 heavy (non-hydrogen) atoms. The van der Waals surface area contributed by atoms with Gasteiger partial charge in [0.15, 0.2) is 5.60 Å². The third kappa shape index (κ3) is 3.30. The Hall–Kier alpha value is -2.28. The van der Waals surface area contributed by atoms with Crippen LogP contribution in [0.25, 0.3) is 0 Å². The fourth-order valence-electron chi connectivity index (χ4n) is 2.48. The van der Waals surface area contributed by atoms with Gasteiger partial charge in [0.2, 0.25) is 0 Å². The number of carbonyl (C=O) groups is 2. The van der Waals surface area contributed by atoms with Crippen molar-refractivity contribution in [2.75, 3.05) is 25.5 Å². The van der Waals surface area contributed by atoms with Crippen LogP contribution in [-0.4, -0.2) is 52.9 Å². The number of anilines is 1. The SMILES string of the molecule is COc1cc(NC(=O)N2CCCC(O)(C(=O)O)C2)ccc1C. The number of piperidine rings is 1. The maximum atomic E-state index is 12.2. The molecule has 1 aromatic carbocycles. The van der Waals surface area contributed by atoms with Crippen LogP contribution in [0.3, 0.4) is 0 Å². The first-order chi connectivity index (χ1) is 10.4. The van der Waals surface area contributed by atoms with Crippen LogP contribution in [0.1, 0.15) is 18.4 Å². The Morgan fingerprint density at radius 3 is 2.77 bits per heavy atom. The van der Waals surface area contributed by atoms with E-state index in [1.807, 2.05) is 13.0 Å². The van der Waals surface area contributed by atoms with E-state index in [0.29, 0.717) is 24.4 Å². The van der Waals surface area contributed by atoms with Crippen molar-refractivity contribution in [1.29, 1.82) is 0 Å². The number of rotatable bonds is 3. The minimum absolute atomic E-state index is 0.143. The molecule has 0 aliphatic carbocycles. The summed E-state index contributed by atoms with van der Waals surface area (Å²) in [4.78, 5) is 24.6. The number of urea groups is 1. The standard InChI is InChI=1S/C15H20N2O5/c1-10-4-5-11(8-12(10)22-2)16-14(20)17-7-3-6-15(21,9-17)13(18)19/h4-5,8,21H,3,6-7,9H2,1-2H3,(H,16,20)(H,18,19). The lowest BCUT2D eigenvalue weighted by molar-refractivity contribution is -0.162. The van der Waals surface area contributed by atoms with Crippen LogP contribution < -0.4 is 10.1 Å². The van der Waals surface area contributed by atoms with Gasteiger partial charge in [-0.25, -0.2) is 9.59 Å². The van der Waals surface area contributed by atoms with Gasteiger partial charge in [-0.2, -0.15) is 0 Å². The Morgan fingerprint density at radius 1 is 1.41 bits per heavy atom. The molecule has 1 aliphatic heterocycles. The van der Waals surface area contributed by atoms with Crippen molar-refractivity contribution in [3.8, 4) is 5.75 Å². The van der Waals surface area contributed by atoms with Gasteiger partial charge in [0.25, 0.3) is 0 Å². The predicted octanol–water partition coefficient (Wildman–Crippen LogP) is 1.45. The average Bonchev–Trinajstić information content (AvgIpc) is 2.49. The number of β-amino-alcohol motifs (C(OH)–C–C–N with tert-alkyl or cyclic N) is 1. The lowest BCUT2D eigenvalue weighted by atomic mass is 9.93. The van der Waals surface area contributed by atoms with Crippen molar-refractivity contribution < 1.29 is 24.5 Å². The monoisotopic (exact) mass is 308 g/mol. The van der Waals surface area contributed by atoms with E-state index in [4.69, 9.17) is 9.84 Å². The number of ether oxygens (including phenoxy) is 1. The molecule has 1 unspecified atom stereocenters. The molecule has 2 amide bonds. The number of carbonyl (C=O) groups excluding carboxylic acids is 1. The number of benzene rings is 1. The number of nitrogens with one attached hydrogen (secondary N) is 1. The first-order valence-corrected chi connectivity index (χ1v) is 7.02. The minimum Gasteiger partial charge on any atom is -0.496 e. The molecule has 7 heteroatoms. The zero-order valence-electron chi connectivity index (χ0n) is 12.6. The molecule has 120 valence electrons. The Balaban J connectivity index is 2.07. The molecular formula is C15H20N2O5. The van der Waals surface area contributed by atoms with E-state index >= 15 is 0 Å². The van der Waals surface area contributed by atoms with E-state index in [-0.39, 0.29) is 13.0 Å². The number of likely N-dealkylation sites (tertiary alicyclic amines) is 1. The highest BCUT2D eigenvalue weighted by Crippen LogP contribution is 2.24. The van der Waals surface area contributed by atoms with Crippen LogP contribution in [-0.2, 0) is 4.79 Å². The van der Waals surface area contributed by atoms with Crippen LogP contribution in [0.15, 0.2) is 18.2 Å². The number of carboxylic acids is 1. The summed E-state index contributed by atoms with van der Waals surface area (Å²) in [7, 11) is 1.55. The normalized spacial score (nSPS) is 21.3. The summed E-state index contributed by atoms with van der Waals surface area (Å²) in [6.07, 6.45) is 0.581. The topological polar surface area (TPSA) is 99.1 Å². The number of aliphatic carboxylic acids is 1. The average molecular weight is 308 g/mol. The number of hydrogen-bond donors (Lipinski definition) is 3. The molecule has 0 bridgehead atoms. The van der Waals surface area contributed by atoms with Gasteiger partial charge in [-0.3, -0.25) is 0 Å². The summed E-state index contributed by atoms with van der Waals surface area (Å²) >= 11 is 0. The van der Waals surface area contributed by atoms with Gasteiger partial charge in [0.1, 0.15) is 5.75 Å². The zero-order chi connectivity index (χ0) is 16.3. The van der Waals surface area contributed by atoms with E-state index in [1.54, 1.807) is 19.2 Å². The molecule has 0 aromatic heterocycles. The summed E-state index contributed by atoms with van der Waals surface area (Å²) in [5.41, 5.74) is -0.379. The van der Waals surface area contributed by atoms with Crippen LogP contribution in [0.5, 0.6) is 5.75 Å². The maximum Gasteiger partial charge on any atom is 0.337 e. The van der Waals surface area contributed by atoms with Crippen LogP contribution in [0.2, 0.25) is 0 Å². The summed E-state index contributed by atoms with van der Waals surface area (Å²) in [5.74, 6) is -0.652. The van der Waals surface area contributed by atoms with Crippen molar-refractivity contribution in [2.24, 2.45) is 0 Å². The molecule has 7 nitrogen and oxygen atoms in total. The van der Waals surface area contributed by atoms with Gasteiger partial charge in [-0.1, -0.05) is 6.07 Å². The molecule has 1 saturated heterocycles. The van der Waals surface area contributed by atoms with Crippen LogP contribution in [0.4, 0.5) is 10.5 Å². The van der Waals surface area contributed by atoms with Crippen molar-refractivity contribution in [1.82, 2.24) is 4.90 Å². The molecule has 0 saturated carbocycles. The number of aryl methyl sites for hydroxylation is 1. The first kappa shape index (κ1) is 16.1. The third-order valence-electron chi connectivity index (χ3n) is 3.82. The number of carboxylic acid groups (broad SMARTS) is 1.